The van der Waals surface area contributed by atoms with Gasteiger partial charge < -0.3 is 15.5 Å². The van der Waals surface area contributed by atoms with Gasteiger partial charge in [-0.3, -0.25) is 14.9 Å². The Hall–Kier alpha value is -1.91. The number of likely N-dealkylation sites (tertiary alicyclic amines) is 1. The van der Waals surface area contributed by atoms with Gasteiger partial charge in [-0.25, -0.2) is 4.99 Å². The molecular formula is C22H34IN5O3. The Morgan fingerprint density at radius 1 is 1.13 bits per heavy atom. The smallest absolute Gasteiger partial charge is 0.269 e. The molecule has 0 spiro atoms. The van der Waals surface area contributed by atoms with Crippen LogP contribution in [0.2, 0.25) is 0 Å². The van der Waals surface area contributed by atoms with Crippen LogP contribution >= 0.6 is 24.0 Å². The van der Waals surface area contributed by atoms with E-state index < -0.39 is 4.92 Å². The summed E-state index contributed by atoms with van der Waals surface area (Å²) >= 11 is 0. The number of nitro groups is 1. The lowest BCUT2D eigenvalue weighted by molar-refractivity contribution is -0.384. The Labute approximate surface area is 201 Å². The predicted octanol–water partition coefficient (Wildman–Crippen LogP) is 3.84. The Bertz CT molecular complexity index is 735. The van der Waals surface area contributed by atoms with Gasteiger partial charge >= 0.3 is 0 Å². The van der Waals surface area contributed by atoms with E-state index in [0.717, 1.165) is 50.5 Å². The maximum atomic E-state index is 11.7. The fraction of sp³-hybridized carbons (Fsp3) is 0.636. The van der Waals surface area contributed by atoms with Crippen molar-refractivity contribution in [2.24, 2.45) is 10.9 Å². The average molecular weight is 543 g/mol. The SMILES string of the molecule is I.O=C1CCCN1CCCNC(=NCc1ccc([N+](=O)[O-])cc1)NCC1CCCCC1. The first-order valence-electron chi connectivity index (χ1n) is 11.1. The van der Waals surface area contributed by atoms with E-state index >= 15 is 0 Å². The number of non-ortho nitro benzene ring substituents is 1. The first-order valence-corrected chi connectivity index (χ1v) is 11.1. The zero-order valence-corrected chi connectivity index (χ0v) is 20.4. The first kappa shape index (κ1) is 25.4. The van der Waals surface area contributed by atoms with Gasteiger partial charge in [0.05, 0.1) is 11.5 Å². The number of hydrogen-bond donors (Lipinski definition) is 2. The van der Waals surface area contributed by atoms with Gasteiger partial charge in [-0.05, 0) is 37.2 Å². The molecule has 2 aliphatic rings. The second-order valence-corrected chi connectivity index (χ2v) is 8.24. The Morgan fingerprint density at radius 3 is 2.52 bits per heavy atom. The average Bonchev–Trinajstić information content (AvgIpc) is 3.18. The number of guanidine groups is 1. The molecule has 1 aromatic carbocycles. The van der Waals surface area contributed by atoms with E-state index in [2.05, 4.69) is 15.6 Å². The van der Waals surface area contributed by atoms with Crippen LogP contribution in [0.25, 0.3) is 0 Å². The molecule has 1 amide bonds. The molecule has 0 atom stereocenters. The molecule has 0 unspecified atom stereocenters. The highest BCUT2D eigenvalue weighted by molar-refractivity contribution is 14.0. The Morgan fingerprint density at radius 2 is 1.87 bits per heavy atom. The fourth-order valence-electron chi connectivity index (χ4n) is 4.12. The van der Waals surface area contributed by atoms with Crippen molar-refractivity contribution < 1.29 is 9.72 Å². The highest BCUT2D eigenvalue weighted by Crippen LogP contribution is 2.22. The molecule has 8 nitrogen and oxygen atoms in total. The third kappa shape index (κ3) is 8.62. The number of nitro benzene ring substituents is 1. The summed E-state index contributed by atoms with van der Waals surface area (Å²) in [5.74, 6) is 1.72. The number of amides is 1. The van der Waals surface area contributed by atoms with Crippen molar-refractivity contribution in [3.05, 3.63) is 39.9 Å². The number of nitrogens with zero attached hydrogens (tertiary/aromatic N) is 3. The lowest BCUT2D eigenvalue weighted by Gasteiger charge is -2.23. The molecule has 2 N–H and O–H groups in total. The van der Waals surface area contributed by atoms with Crippen molar-refractivity contribution in [3.63, 3.8) is 0 Å². The maximum absolute atomic E-state index is 11.7. The molecule has 1 saturated heterocycles. The van der Waals surface area contributed by atoms with Crippen LogP contribution < -0.4 is 10.6 Å². The number of benzene rings is 1. The molecule has 9 heteroatoms. The van der Waals surface area contributed by atoms with E-state index in [-0.39, 0.29) is 35.6 Å². The second kappa shape index (κ2) is 13.5. The lowest BCUT2D eigenvalue weighted by Crippen LogP contribution is -2.41. The number of carbonyl (C=O) groups excluding carboxylic acids is 1. The number of nitrogens with one attached hydrogen (secondary N) is 2. The lowest BCUT2D eigenvalue weighted by atomic mass is 9.89. The highest BCUT2D eigenvalue weighted by Gasteiger charge is 2.19. The predicted molar refractivity (Wildman–Crippen MR) is 133 cm³/mol. The summed E-state index contributed by atoms with van der Waals surface area (Å²) in [5, 5.41) is 17.7. The first-order chi connectivity index (χ1) is 14.6. The Kier molecular flexibility index (Phi) is 11.0. The summed E-state index contributed by atoms with van der Waals surface area (Å²) in [6.07, 6.45) is 9.01. The van der Waals surface area contributed by atoms with Gasteiger partial charge in [-0.15, -0.1) is 24.0 Å². The van der Waals surface area contributed by atoms with Crippen LogP contribution in [0.1, 0.15) is 56.9 Å². The largest absolute Gasteiger partial charge is 0.356 e. The van der Waals surface area contributed by atoms with Crippen LogP contribution in [0.5, 0.6) is 0 Å². The van der Waals surface area contributed by atoms with Gasteiger partial charge in [0, 0.05) is 44.7 Å². The summed E-state index contributed by atoms with van der Waals surface area (Å²) in [4.78, 5) is 28.8. The number of carbonyl (C=O) groups is 1. The third-order valence-electron chi connectivity index (χ3n) is 5.92. The standard InChI is InChI=1S/C22H33N5O3.HI/c28-21-8-4-14-26(21)15-5-13-23-22(24-16-18-6-2-1-3-7-18)25-17-19-9-11-20(12-10-19)27(29)30;/h9-12,18H,1-8,13-17H2,(H2,23,24,25);1H. The summed E-state index contributed by atoms with van der Waals surface area (Å²) in [6, 6.07) is 6.53. The maximum Gasteiger partial charge on any atom is 0.269 e. The van der Waals surface area contributed by atoms with Crippen LogP contribution in [-0.2, 0) is 11.3 Å². The van der Waals surface area contributed by atoms with Crippen molar-refractivity contribution in [1.29, 1.82) is 0 Å². The minimum atomic E-state index is -0.392. The van der Waals surface area contributed by atoms with Crippen LogP contribution in [-0.4, -0.2) is 47.9 Å². The molecule has 0 bridgehead atoms. The van der Waals surface area contributed by atoms with Crippen LogP contribution in [0, 0.1) is 16.0 Å². The van der Waals surface area contributed by atoms with E-state index in [0.29, 0.717) is 18.9 Å². The van der Waals surface area contributed by atoms with Gasteiger partial charge in [0.2, 0.25) is 5.91 Å². The minimum absolute atomic E-state index is 0. The molecule has 1 aromatic rings. The number of rotatable bonds is 9. The van der Waals surface area contributed by atoms with Crippen LogP contribution in [0.3, 0.4) is 0 Å². The molecule has 1 heterocycles. The molecule has 0 radical (unpaired) electrons. The van der Waals surface area contributed by atoms with Gasteiger partial charge in [-0.2, -0.15) is 0 Å². The second-order valence-electron chi connectivity index (χ2n) is 8.24. The topological polar surface area (TPSA) is 99.9 Å². The highest BCUT2D eigenvalue weighted by atomic mass is 127. The van der Waals surface area contributed by atoms with Gasteiger partial charge in [0.25, 0.3) is 5.69 Å². The molecule has 1 aliphatic carbocycles. The molecule has 172 valence electrons. The molecular weight excluding hydrogens is 509 g/mol. The number of halogens is 1. The van der Waals surface area contributed by atoms with Crippen molar-refractivity contribution in [3.8, 4) is 0 Å². The van der Waals surface area contributed by atoms with E-state index in [1.54, 1.807) is 12.1 Å². The zero-order valence-electron chi connectivity index (χ0n) is 18.1. The molecule has 1 saturated carbocycles. The fourth-order valence-corrected chi connectivity index (χ4v) is 4.12. The van der Waals surface area contributed by atoms with Crippen molar-refractivity contribution in [2.45, 2.75) is 57.9 Å². The molecule has 2 fully saturated rings. The van der Waals surface area contributed by atoms with Crippen LogP contribution in [0.4, 0.5) is 5.69 Å². The summed E-state index contributed by atoms with van der Waals surface area (Å²) in [7, 11) is 0. The monoisotopic (exact) mass is 543 g/mol. The summed E-state index contributed by atoms with van der Waals surface area (Å²) in [6.45, 7) is 3.78. The van der Waals surface area contributed by atoms with E-state index in [4.69, 9.17) is 0 Å². The molecule has 3 rings (SSSR count). The number of aliphatic imine (C=N–C) groups is 1. The third-order valence-corrected chi connectivity index (χ3v) is 5.92. The van der Waals surface area contributed by atoms with E-state index in [1.807, 2.05) is 4.90 Å². The van der Waals surface area contributed by atoms with Crippen LogP contribution in [0.15, 0.2) is 29.3 Å². The van der Waals surface area contributed by atoms with Crippen molar-refractivity contribution >= 4 is 41.5 Å². The van der Waals surface area contributed by atoms with Gasteiger partial charge in [-0.1, -0.05) is 31.4 Å². The van der Waals surface area contributed by atoms with E-state index in [9.17, 15) is 14.9 Å². The molecule has 31 heavy (non-hydrogen) atoms. The minimum Gasteiger partial charge on any atom is -0.356 e. The van der Waals surface area contributed by atoms with Crippen molar-refractivity contribution in [1.82, 2.24) is 15.5 Å². The quantitative estimate of drug-likeness (QED) is 0.123. The Balaban J connectivity index is 0.00000341. The number of hydrogen-bond acceptors (Lipinski definition) is 4. The normalized spacial score (nSPS) is 17.4. The summed E-state index contributed by atoms with van der Waals surface area (Å²) < 4.78 is 0. The van der Waals surface area contributed by atoms with Gasteiger partial charge in [0.1, 0.15) is 0 Å². The summed E-state index contributed by atoms with van der Waals surface area (Å²) in [5.41, 5.74) is 1.02. The van der Waals surface area contributed by atoms with Crippen molar-refractivity contribution in [2.75, 3.05) is 26.2 Å². The van der Waals surface area contributed by atoms with Gasteiger partial charge in [0.15, 0.2) is 5.96 Å². The molecule has 1 aliphatic heterocycles. The zero-order chi connectivity index (χ0) is 21.2. The molecule has 0 aromatic heterocycles. The van der Waals surface area contributed by atoms with E-state index in [1.165, 1.54) is 44.2 Å².